The van der Waals surface area contributed by atoms with Gasteiger partial charge in [-0.05, 0) is 30.7 Å². The average molecular weight is 329 g/mol. The average Bonchev–Trinajstić information content (AvgIpc) is 2.94. The second-order valence-electron chi connectivity index (χ2n) is 4.47. The van der Waals surface area contributed by atoms with Crippen molar-refractivity contribution in [1.29, 1.82) is 5.26 Å². The third-order valence-corrected chi connectivity index (χ3v) is 2.93. The van der Waals surface area contributed by atoms with Gasteiger partial charge in [-0.3, -0.25) is 0 Å². The van der Waals surface area contributed by atoms with Crippen LogP contribution in [0.15, 0.2) is 34.4 Å². The van der Waals surface area contributed by atoms with E-state index >= 15 is 0 Å². The zero-order chi connectivity index (χ0) is 17.5. The molecule has 0 aliphatic heterocycles. The Labute approximate surface area is 138 Å². The van der Waals surface area contributed by atoms with Crippen LogP contribution in [0.25, 0.3) is 11.8 Å². The van der Waals surface area contributed by atoms with Crippen LogP contribution in [0.4, 0.5) is 0 Å². The first-order valence-electron chi connectivity index (χ1n) is 7.21. The number of carbonyl (C=O) groups excluding carboxylic acids is 1. The van der Waals surface area contributed by atoms with E-state index in [1.165, 1.54) is 4.68 Å². The number of rotatable bonds is 6. The van der Waals surface area contributed by atoms with Gasteiger partial charge in [-0.1, -0.05) is 0 Å². The Hall–Kier alpha value is -3.34. The molecule has 0 saturated heterocycles. The van der Waals surface area contributed by atoms with Crippen molar-refractivity contribution < 1.29 is 28.6 Å². The second-order valence-corrected chi connectivity index (χ2v) is 4.47. The Bertz CT molecular complexity index is 787. The number of ether oxygens (including phenoxy) is 2. The summed E-state index contributed by atoms with van der Waals surface area (Å²) in [5, 5.41) is 24.5. The molecule has 0 amide bonds. The van der Waals surface area contributed by atoms with Crippen molar-refractivity contribution in [2.45, 2.75) is 13.8 Å². The summed E-state index contributed by atoms with van der Waals surface area (Å²) in [5.41, 5.74) is 0.123. The number of aromatic nitrogens is 2. The molecule has 8 nitrogen and oxygen atoms in total. The van der Waals surface area contributed by atoms with Crippen molar-refractivity contribution in [2.75, 3.05) is 13.2 Å². The number of benzene rings is 1. The Kier molecular flexibility index (Phi) is 5.52. The fourth-order valence-electron chi connectivity index (χ4n) is 1.89. The summed E-state index contributed by atoms with van der Waals surface area (Å²) in [4.78, 5) is 11.7. The third kappa shape index (κ3) is 3.70. The molecule has 1 heterocycles. The maximum absolute atomic E-state index is 11.8. The van der Waals surface area contributed by atoms with E-state index in [1.807, 2.05) is 6.92 Å². The van der Waals surface area contributed by atoms with Crippen molar-refractivity contribution in [3.63, 3.8) is 0 Å². The van der Waals surface area contributed by atoms with Crippen LogP contribution in [0, 0.1) is 11.3 Å². The number of esters is 1. The summed E-state index contributed by atoms with van der Waals surface area (Å²) in [5.74, 6) is -0.936. The fraction of sp³-hybridized carbons (Fsp3) is 0.250. The highest BCUT2D eigenvalue weighted by atomic mass is 16.6. The van der Waals surface area contributed by atoms with Crippen LogP contribution in [-0.2, 0) is 9.53 Å². The van der Waals surface area contributed by atoms with Gasteiger partial charge in [0.15, 0.2) is 5.95 Å². The van der Waals surface area contributed by atoms with E-state index in [0.717, 1.165) is 6.08 Å². The Morgan fingerprint density at radius 2 is 2.08 bits per heavy atom. The molecule has 0 unspecified atom stereocenters. The van der Waals surface area contributed by atoms with E-state index < -0.39 is 11.9 Å². The summed E-state index contributed by atoms with van der Waals surface area (Å²) < 4.78 is 15.9. The van der Waals surface area contributed by atoms with Crippen LogP contribution in [0.5, 0.6) is 11.7 Å². The molecule has 0 saturated carbocycles. The molecule has 0 atom stereocenters. The van der Waals surface area contributed by atoms with Gasteiger partial charge in [0, 0.05) is 18.2 Å². The van der Waals surface area contributed by atoms with Crippen LogP contribution < -0.4 is 14.5 Å². The van der Waals surface area contributed by atoms with Crippen molar-refractivity contribution in [3.8, 4) is 23.5 Å². The van der Waals surface area contributed by atoms with E-state index in [4.69, 9.17) is 14.7 Å². The quantitative estimate of drug-likeness (QED) is 0.335. The number of nitrogens with zero attached hydrogens (tertiary/aromatic N) is 3. The predicted molar refractivity (Wildman–Crippen MR) is 78.9 cm³/mol. The lowest BCUT2D eigenvalue weighted by molar-refractivity contribution is -0.672. The molecule has 0 aliphatic carbocycles. The predicted octanol–water partition coefficient (Wildman–Crippen LogP) is 0.894. The Morgan fingerprint density at radius 3 is 2.67 bits per heavy atom. The number of carbonyl (C=O) groups is 1. The number of hydrogen-bond acceptors (Lipinski definition) is 7. The first-order valence-corrected chi connectivity index (χ1v) is 7.21. The topological polar surface area (TPSA) is 112 Å². The Balaban J connectivity index is 2.41. The molecule has 0 radical (unpaired) electrons. The third-order valence-electron chi connectivity index (χ3n) is 2.93. The lowest BCUT2D eigenvalue weighted by atomic mass is 10.2. The minimum absolute atomic E-state index is 0.0660. The maximum Gasteiger partial charge on any atom is 0.349 e. The monoisotopic (exact) mass is 329 g/mol. The summed E-state index contributed by atoms with van der Waals surface area (Å²) in [6.07, 6.45) is 1.09. The van der Waals surface area contributed by atoms with E-state index in [2.05, 4.69) is 9.79 Å². The van der Waals surface area contributed by atoms with Crippen molar-refractivity contribution in [1.82, 2.24) is 5.27 Å². The van der Waals surface area contributed by atoms with E-state index in [1.54, 1.807) is 37.3 Å². The van der Waals surface area contributed by atoms with Gasteiger partial charge in [-0.15, -0.1) is 0 Å². The van der Waals surface area contributed by atoms with Crippen molar-refractivity contribution in [2.24, 2.45) is 0 Å². The summed E-state index contributed by atoms with van der Waals surface area (Å²) in [6.45, 7) is 4.13. The molecule has 0 aliphatic rings. The second kappa shape index (κ2) is 7.78. The van der Waals surface area contributed by atoms with Crippen LogP contribution in [0.1, 0.15) is 19.5 Å². The van der Waals surface area contributed by atoms with Gasteiger partial charge in [0.05, 0.1) is 18.5 Å². The molecule has 0 N–H and O–H groups in total. The van der Waals surface area contributed by atoms with Crippen LogP contribution in [-0.4, -0.2) is 24.5 Å². The molecule has 8 heteroatoms. The van der Waals surface area contributed by atoms with Crippen LogP contribution in [0.3, 0.4) is 0 Å². The van der Waals surface area contributed by atoms with Crippen LogP contribution in [0.2, 0.25) is 0 Å². The molecular weight excluding hydrogens is 314 g/mol. The molecule has 0 spiro atoms. The molecule has 1 aromatic heterocycles. The molecule has 2 aromatic rings. The molecule has 0 fully saturated rings. The number of hydrogen-bond donors (Lipinski definition) is 0. The van der Waals surface area contributed by atoms with Crippen LogP contribution >= 0.6 is 0 Å². The SMILES string of the molecule is CCOC(=O)/C(C#N)=C/c1c([O-])on[n+]1-c1ccc(OCC)cc1. The largest absolute Gasteiger partial charge is 0.539 e. The van der Waals surface area contributed by atoms with Crippen molar-refractivity contribution in [3.05, 3.63) is 35.5 Å². The normalized spacial score (nSPS) is 11.0. The van der Waals surface area contributed by atoms with Gasteiger partial charge in [0.1, 0.15) is 17.4 Å². The summed E-state index contributed by atoms with van der Waals surface area (Å²) in [6, 6.07) is 8.44. The van der Waals surface area contributed by atoms with Gasteiger partial charge in [-0.2, -0.15) is 5.26 Å². The fourth-order valence-corrected chi connectivity index (χ4v) is 1.89. The van der Waals surface area contributed by atoms with Gasteiger partial charge in [0.25, 0.3) is 5.69 Å². The lowest BCUT2D eigenvalue weighted by Gasteiger charge is -2.01. The van der Waals surface area contributed by atoms with Crippen molar-refractivity contribution >= 4 is 12.0 Å². The van der Waals surface area contributed by atoms with Gasteiger partial charge in [-0.25, -0.2) is 4.79 Å². The standard InChI is InChI=1S/C16H15N3O5/c1-3-22-13-7-5-12(6-8-13)19-14(16(21)24-18-19)9-11(10-17)15(20)23-4-2/h5-9H,3-4H2,1-2H3. The molecule has 124 valence electrons. The zero-order valence-corrected chi connectivity index (χ0v) is 13.2. The number of nitriles is 1. The minimum atomic E-state index is -0.821. The maximum atomic E-state index is 11.8. The lowest BCUT2D eigenvalue weighted by Crippen LogP contribution is -2.35. The highest BCUT2D eigenvalue weighted by molar-refractivity contribution is 5.97. The van der Waals surface area contributed by atoms with E-state index in [0.29, 0.717) is 18.0 Å². The first kappa shape index (κ1) is 17.0. The highest BCUT2D eigenvalue weighted by Gasteiger charge is 2.21. The Morgan fingerprint density at radius 1 is 1.38 bits per heavy atom. The zero-order valence-electron chi connectivity index (χ0n) is 13.2. The molecular formula is C16H15N3O5. The van der Waals surface area contributed by atoms with Gasteiger partial charge < -0.3 is 19.1 Å². The molecule has 2 rings (SSSR count). The van der Waals surface area contributed by atoms with Gasteiger partial charge in [0.2, 0.25) is 5.69 Å². The van der Waals surface area contributed by atoms with E-state index in [9.17, 15) is 9.90 Å². The molecule has 1 aromatic carbocycles. The highest BCUT2D eigenvalue weighted by Crippen LogP contribution is 2.17. The summed E-state index contributed by atoms with van der Waals surface area (Å²) in [7, 11) is 0. The van der Waals surface area contributed by atoms with Gasteiger partial charge >= 0.3 is 5.97 Å². The molecule has 0 bridgehead atoms. The summed E-state index contributed by atoms with van der Waals surface area (Å²) >= 11 is 0. The first-order chi connectivity index (χ1) is 11.6. The van der Waals surface area contributed by atoms with E-state index in [-0.39, 0.29) is 17.9 Å². The molecule has 24 heavy (non-hydrogen) atoms. The smallest absolute Gasteiger partial charge is 0.349 e. The minimum Gasteiger partial charge on any atom is -0.539 e.